The predicted octanol–water partition coefficient (Wildman–Crippen LogP) is 1.86. The van der Waals surface area contributed by atoms with Crippen LogP contribution in [0.5, 0.6) is 5.88 Å². The minimum absolute atomic E-state index is 0.466. The van der Waals surface area contributed by atoms with Crippen molar-refractivity contribution in [1.82, 2.24) is 10.3 Å². The van der Waals surface area contributed by atoms with Gasteiger partial charge in [-0.25, -0.2) is 0 Å². The molecule has 1 aromatic rings. The largest absolute Gasteiger partial charge is 0.477 e. The Kier molecular flexibility index (Phi) is 3.08. The van der Waals surface area contributed by atoms with Crippen LogP contribution in [0.25, 0.3) is 0 Å². The van der Waals surface area contributed by atoms with E-state index in [1.807, 2.05) is 13.0 Å². The van der Waals surface area contributed by atoms with Crippen LogP contribution < -0.4 is 15.0 Å². The number of fused-ring (bicyclic) bond motifs is 3. The second-order valence-electron chi connectivity index (χ2n) is 4.96. The first-order valence-electron chi connectivity index (χ1n) is 6.52. The van der Waals surface area contributed by atoms with Crippen molar-refractivity contribution < 1.29 is 4.74 Å². The van der Waals surface area contributed by atoms with E-state index in [1.54, 1.807) is 0 Å². The number of hydrogen-bond donors (Lipinski definition) is 1. The number of ether oxygens (including phenoxy) is 1. The van der Waals surface area contributed by atoms with Gasteiger partial charge in [-0.15, -0.1) is 0 Å². The molecular formula is C13H18ClN3O. The molecule has 1 N–H and O–H groups in total. The lowest BCUT2D eigenvalue weighted by atomic mass is 10.1. The first-order chi connectivity index (χ1) is 8.70. The maximum Gasteiger partial charge on any atom is 0.234 e. The van der Waals surface area contributed by atoms with Crippen molar-refractivity contribution in [3.63, 3.8) is 0 Å². The van der Waals surface area contributed by atoms with Crippen molar-refractivity contribution >= 4 is 17.4 Å². The molecule has 0 saturated carbocycles. The van der Waals surface area contributed by atoms with Gasteiger partial charge in [0.25, 0.3) is 0 Å². The third-order valence-electron chi connectivity index (χ3n) is 3.67. The number of hydrogen-bond acceptors (Lipinski definition) is 4. The van der Waals surface area contributed by atoms with Gasteiger partial charge in [0, 0.05) is 25.2 Å². The van der Waals surface area contributed by atoms with Crippen molar-refractivity contribution in [1.29, 1.82) is 0 Å². The highest BCUT2D eigenvalue weighted by Gasteiger charge is 2.36. The molecule has 1 saturated heterocycles. The molecular weight excluding hydrogens is 250 g/mol. The molecule has 4 nitrogen and oxygen atoms in total. The Bertz CT molecular complexity index is 466. The minimum atomic E-state index is 0.466. The van der Waals surface area contributed by atoms with E-state index in [-0.39, 0.29) is 0 Å². The number of aromatic nitrogens is 1. The van der Waals surface area contributed by atoms with Crippen LogP contribution in [0, 0.1) is 0 Å². The summed E-state index contributed by atoms with van der Waals surface area (Å²) in [4.78, 5) is 7.03. The summed E-state index contributed by atoms with van der Waals surface area (Å²) in [6.45, 7) is 6.78. The van der Waals surface area contributed by atoms with Gasteiger partial charge in [0.05, 0.1) is 6.61 Å². The molecule has 0 bridgehead atoms. The Hall–Kier alpha value is -1.00. The summed E-state index contributed by atoms with van der Waals surface area (Å²) in [5, 5.41) is 4.08. The molecule has 0 radical (unpaired) electrons. The molecule has 2 atom stereocenters. The van der Waals surface area contributed by atoms with Crippen LogP contribution in [-0.4, -0.2) is 36.8 Å². The van der Waals surface area contributed by atoms with Gasteiger partial charge in [0.1, 0.15) is 10.8 Å². The van der Waals surface area contributed by atoms with Crippen molar-refractivity contribution in [2.45, 2.75) is 32.4 Å². The molecule has 2 aliphatic rings. The van der Waals surface area contributed by atoms with E-state index in [4.69, 9.17) is 16.3 Å². The van der Waals surface area contributed by atoms with E-state index < -0.39 is 0 Å². The van der Waals surface area contributed by atoms with Gasteiger partial charge in [0.2, 0.25) is 5.88 Å². The van der Waals surface area contributed by atoms with E-state index in [1.165, 1.54) is 5.56 Å². The molecule has 2 aliphatic heterocycles. The summed E-state index contributed by atoms with van der Waals surface area (Å²) in [5.41, 5.74) is 1.24. The van der Waals surface area contributed by atoms with Crippen LogP contribution in [0.3, 0.4) is 0 Å². The molecule has 3 heterocycles. The predicted molar refractivity (Wildman–Crippen MR) is 72.7 cm³/mol. The number of nitrogens with zero attached hydrogens (tertiary/aromatic N) is 2. The molecule has 0 amide bonds. The maximum absolute atomic E-state index is 6.20. The van der Waals surface area contributed by atoms with Gasteiger partial charge in [0.15, 0.2) is 0 Å². The fourth-order valence-electron chi connectivity index (χ4n) is 2.93. The van der Waals surface area contributed by atoms with E-state index >= 15 is 0 Å². The Morgan fingerprint density at radius 3 is 3.17 bits per heavy atom. The van der Waals surface area contributed by atoms with Gasteiger partial charge in [-0.1, -0.05) is 11.6 Å². The van der Waals surface area contributed by atoms with Gasteiger partial charge in [-0.3, -0.25) is 0 Å². The molecule has 5 heteroatoms. The second-order valence-corrected chi connectivity index (χ2v) is 5.37. The molecule has 3 rings (SSSR count). The first kappa shape index (κ1) is 12.1. The zero-order chi connectivity index (χ0) is 12.7. The van der Waals surface area contributed by atoms with E-state index in [0.29, 0.717) is 29.6 Å². The highest BCUT2D eigenvalue weighted by atomic mass is 35.5. The summed E-state index contributed by atoms with van der Waals surface area (Å²) in [5.74, 6) is 1.62. The SMILES string of the molecule is CCOc1nc2c(cc1Cl)C[C@@H]1CNC[C@@H](C)N21. The summed E-state index contributed by atoms with van der Waals surface area (Å²) in [6.07, 6.45) is 1.02. The molecule has 0 aromatic carbocycles. The van der Waals surface area contributed by atoms with Crippen LogP contribution >= 0.6 is 11.6 Å². The normalized spacial score (nSPS) is 25.8. The highest BCUT2D eigenvalue weighted by Crippen LogP contribution is 2.38. The molecule has 0 unspecified atom stereocenters. The van der Waals surface area contributed by atoms with E-state index in [9.17, 15) is 0 Å². The molecule has 1 fully saturated rings. The zero-order valence-corrected chi connectivity index (χ0v) is 11.5. The fraction of sp³-hybridized carbons (Fsp3) is 0.615. The van der Waals surface area contributed by atoms with Crippen molar-refractivity contribution in [2.24, 2.45) is 0 Å². The topological polar surface area (TPSA) is 37.4 Å². The van der Waals surface area contributed by atoms with Gasteiger partial charge in [-0.2, -0.15) is 4.98 Å². The summed E-state index contributed by atoms with van der Waals surface area (Å²) >= 11 is 6.20. The van der Waals surface area contributed by atoms with Crippen molar-refractivity contribution in [2.75, 3.05) is 24.6 Å². The number of halogens is 1. The highest BCUT2D eigenvalue weighted by molar-refractivity contribution is 6.32. The number of pyridine rings is 1. The van der Waals surface area contributed by atoms with Crippen LogP contribution in [0.4, 0.5) is 5.82 Å². The van der Waals surface area contributed by atoms with Gasteiger partial charge in [-0.05, 0) is 31.9 Å². The molecule has 1 aromatic heterocycles. The van der Waals surface area contributed by atoms with E-state index in [2.05, 4.69) is 22.1 Å². The molecule has 0 aliphatic carbocycles. The summed E-state index contributed by atoms with van der Waals surface area (Å²) < 4.78 is 5.49. The number of nitrogens with one attached hydrogen (secondary N) is 1. The Morgan fingerprint density at radius 1 is 1.56 bits per heavy atom. The molecule has 18 heavy (non-hydrogen) atoms. The number of anilines is 1. The maximum atomic E-state index is 6.20. The number of piperazine rings is 1. The minimum Gasteiger partial charge on any atom is -0.477 e. The Balaban J connectivity index is 2.00. The molecule has 98 valence electrons. The zero-order valence-electron chi connectivity index (χ0n) is 10.7. The lowest BCUT2D eigenvalue weighted by molar-refractivity contribution is 0.326. The second kappa shape index (κ2) is 4.59. The van der Waals surface area contributed by atoms with Crippen LogP contribution in [0.2, 0.25) is 5.02 Å². The van der Waals surface area contributed by atoms with Gasteiger partial charge >= 0.3 is 0 Å². The van der Waals surface area contributed by atoms with E-state index in [0.717, 1.165) is 25.3 Å². The summed E-state index contributed by atoms with van der Waals surface area (Å²) in [6, 6.07) is 2.98. The monoisotopic (exact) mass is 267 g/mol. The number of rotatable bonds is 2. The smallest absolute Gasteiger partial charge is 0.234 e. The lowest BCUT2D eigenvalue weighted by Crippen LogP contribution is -2.55. The third-order valence-corrected chi connectivity index (χ3v) is 3.94. The van der Waals surface area contributed by atoms with Crippen LogP contribution in [0.15, 0.2) is 6.07 Å². The Morgan fingerprint density at radius 2 is 2.39 bits per heavy atom. The first-order valence-corrected chi connectivity index (χ1v) is 6.89. The van der Waals surface area contributed by atoms with Crippen molar-refractivity contribution in [3.8, 4) is 5.88 Å². The summed E-state index contributed by atoms with van der Waals surface area (Å²) in [7, 11) is 0. The standard InChI is InChI=1S/C13H18ClN3O/c1-3-18-13-11(14)5-9-4-10-7-15-6-8(2)17(10)12(9)16-13/h5,8,10,15H,3-4,6-7H2,1-2H3/t8-,10-/m1/s1. The fourth-order valence-corrected chi connectivity index (χ4v) is 3.16. The van der Waals surface area contributed by atoms with Gasteiger partial charge < -0.3 is 15.0 Å². The quantitative estimate of drug-likeness (QED) is 0.888. The average molecular weight is 268 g/mol. The Labute approximate surface area is 112 Å². The van der Waals surface area contributed by atoms with Crippen LogP contribution in [0.1, 0.15) is 19.4 Å². The lowest BCUT2D eigenvalue weighted by Gasteiger charge is -2.37. The third kappa shape index (κ3) is 1.84. The van der Waals surface area contributed by atoms with Crippen LogP contribution in [-0.2, 0) is 6.42 Å². The average Bonchev–Trinajstić information content (AvgIpc) is 2.68. The van der Waals surface area contributed by atoms with Crippen molar-refractivity contribution in [3.05, 3.63) is 16.7 Å². The molecule has 0 spiro atoms.